The fourth-order valence-corrected chi connectivity index (χ4v) is 1.68. The van der Waals surface area contributed by atoms with Crippen molar-refractivity contribution in [2.24, 2.45) is 0 Å². The zero-order valence-corrected chi connectivity index (χ0v) is 10.1. The average Bonchev–Trinajstić information content (AvgIpc) is 2.86. The molecular formula is C10HF11N2. The second kappa shape index (κ2) is 4.71. The lowest BCUT2D eigenvalue weighted by Gasteiger charge is -2.27. The minimum absolute atomic E-state index is 0.875. The number of benzene rings is 1. The van der Waals surface area contributed by atoms with Crippen molar-refractivity contribution in [3.63, 3.8) is 0 Å². The molecule has 0 amide bonds. The summed E-state index contributed by atoms with van der Waals surface area (Å²) >= 11 is 0. The molecule has 23 heavy (non-hydrogen) atoms. The van der Waals surface area contributed by atoms with E-state index >= 15 is 0 Å². The Morgan fingerprint density at radius 2 is 1.17 bits per heavy atom. The quantitative estimate of drug-likeness (QED) is 0.481. The van der Waals surface area contributed by atoms with E-state index in [1.54, 1.807) is 0 Å². The van der Waals surface area contributed by atoms with Crippen LogP contribution in [-0.4, -0.2) is 22.3 Å². The van der Waals surface area contributed by atoms with Gasteiger partial charge in [-0.2, -0.15) is 35.8 Å². The minimum atomic E-state index is -6.78. The fraction of sp³-hybridized carbons (Fsp3) is 0.300. The first kappa shape index (κ1) is 17.3. The monoisotopic (exact) mass is 358 g/mol. The molecule has 1 aromatic carbocycles. The number of alkyl halides is 7. The highest BCUT2D eigenvalue weighted by Crippen LogP contribution is 2.52. The molecule has 2 rings (SSSR count). The van der Waals surface area contributed by atoms with Crippen LogP contribution >= 0.6 is 0 Å². The molecular weight excluding hydrogens is 357 g/mol. The summed E-state index contributed by atoms with van der Waals surface area (Å²) in [5.41, 5.74) is -4.25. The third-order valence-corrected chi connectivity index (χ3v) is 2.84. The number of hydrogen-bond acceptors (Lipinski definition) is 1. The lowest BCUT2D eigenvalue weighted by atomic mass is 10.0. The second-order valence-corrected chi connectivity index (χ2v) is 4.22. The molecule has 0 fully saturated rings. The summed E-state index contributed by atoms with van der Waals surface area (Å²) in [6.07, 6.45) is -6.78. The lowest BCUT2D eigenvalue weighted by Crippen LogP contribution is -2.50. The van der Waals surface area contributed by atoms with Gasteiger partial charge in [-0.15, -0.1) is 0 Å². The van der Waals surface area contributed by atoms with Crippen molar-refractivity contribution < 1.29 is 48.3 Å². The average molecular weight is 358 g/mol. The van der Waals surface area contributed by atoms with Gasteiger partial charge in [0.2, 0.25) is 0 Å². The third-order valence-electron chi connectivity index (χ3n) is 2.84. The lowest BCUT2D eigenvalue weighted by molar-refractivity contribution is -0.360. The molecule has 0 saturated carbocycles. The predicted molar refractivity (Wildman–Crippen MR) is 50.8 cm³/mol. The first-order valence-corrected chi connectivity index (χ1v) is 5.28. The summed E-state index contributed by atoms with van der Waals surface area (Å²) in [6, 6.07) is 0. The van der Waals surface area contributed by atoms with Gasteiger partial charge in [-0.1, -0.05) is 0 Å². The van der Waals surface area contributed by atoms with Crippen molar-refractivity contribution in [3.8, 4) is 0 Å². The van der Waals surface area contributed by atoms with Crippen molar-refractivity contribution >= 4 is 10.9 Å². The smallest absolute Gasteiger partial charge is 0.275 e. The van der Waals surface area contributed by atoms with Gasteiger partial charge in [0.1, 0.15) is 11.2 Å². The second-order valence-electron chi connectivity index (χ2n) is 4.22. The molecule has 0 aliphatic carbocycles. The molecule has 0 atom stereocenters. The first-order valence-electron chi connectivity index (χ1n) is 5.28. The molecule has 0 saturated heterocycles. The third kappa shape index (κ3) is 2.12. The molecule has 0 unspecified atom stereocenters. The zero-order valence-electron chi connectivity index (χ0n) is 10.1. The van der Waals surface area contributed by atoms with E-state index in [9.17, 15) is 48.3 Å². The Hall–Kier alpha value is -2.08. The minimum Gasteiger partial charge on any atom is -0.275 e. The fourth-order valence-electron chi connectivity index (χ4n) is 1.68. The number of rotatable bonds is 2. The van der Waals surface area contributed by atoms with Crippen LogP contribution in [0.15, 0.2) is 0 Å². The van der Waals surface area contributed by atoms with E-state index in [1.807, 2.05) is 0 Å². The topological polar surface area (TPSA) is 28.7 Å². The Kier molecular flexibility index (Phi) is 3.54. The summed E-state index contributed by atoms with van der Waals surface area (Å²) in [4.78, 5) is 0. The Bertz CT molecular complexity index is 773. The van der Waals surface area contributed by atoms with E-state index in [-0.39, 0.29) is 0 Å². The SMILES string of the molecule is Fc1c(F)c(F)c2c(C(F)(F)C(F)(F)C(F)(F)F)[nH]nc2c1F. The molecule has 13 heteroatoms. The van der Waals surface area contributed by atoms with Crippen LogP contribution in [0.1, 0.15) is 5.69 Å². The molecule has 0 radical (unpaired) electrons. The molecule has 0 aliphatic heterocycles. The van der Waals surface area contributed by atoms with Crippen molar-refractivity contribution in [1.82, 2.24) is 10.2 Å². The summed E-state index contributed by atoms with van der Waals surface area (Å²) in [5.74, 6) is -23.0. The van der Waals surface area contributed by atoms with Gasteiger partial charge in [0.25, 0.3) is 0 Å². The first-order chi connectivity index (χ1) is 10.2. The largest absolute Gasteiger partial charge is 0.460 e. The number of aromatic nitrogens is 2. The van der Waals surface area contributed by atoms with Crippen LogP contribution in [0.4, 0.5) is 48.3 Å². The van der Waals surface area contributed by atoms with E-state index < -0.39 is 57.9 Å². The van der Waals surface area contributed by atoms with E-state index in [0.717, 1.165) is 5.10 Å². The summed E-state index contributed by atoms with van der Waals surface area (Å²) in [5, 5.41) is 1.33. The van der Waals surface area contributed by atoms with Crippen molar-refractivity contribution in [3.05, 3.63) is 29.0 Å². The van der Waals surface area contributed by atoms with Crippen LogP contribution in [0.5, 0.6) is 0 Å². The normalized spacial score (nSPS) is 13.9. The van der Waals surface area contributed by atoms with Gasteiger partial charge < -0.3 is 0 Å². The number of H-pyrrole nitrogens is 1. The highest BCUT2D eigenvalue weighted by molar-refractivity contribution is 5.83. The van der Waals surface area contributed by atoms with Crippen molar-refractivity contribution in [2.75, 3.05) is 0 Å². The van der Waals surface area contributed by atoms with Crippen LogP contribution in [0.25, 0.3) is 10.9 Å². The summed E-state index contributed by atoms with van der Waals surface area (Å²) in [7, 11) is 0. The maximum absolute atomic E-state index is 13.5. The van der Waals surface area contributed by atoms with E-state index in [1.165, 1.54) is 0 Å². The van der Waals surface area contributed by atoms with E-state index in [2.05, 4.69) is 5.10 Å². The number of aromatic amines is 1. The molecule has 2 nitrogen and oxygen atoms in total. The van der Waals surface area contributed by atoms with Gasteiger partial charge in [-0.3, -0.25) is 5.10 Å². The molecule has 1 aromatic heterocycles. The summed E-state index contributed by atoms with van der Waals surface area (Å²) in [6.45, 7) is 0. The number of fused-ring (bicyclic) bond motifs is 1. The molecule has 0 aliphatic rings. The molecule has 2 aromatic rings. The van der Waals surface area contributed by atoms with Gasteiger partial charge in [0, 0.05) is 0 Å². The Morgan fingerprint density at radius 3 is 1.65 bits per heavy atom. The molecule has 0 bridgehead atoms. The molecule has 128 valence electrons. The van der Waals surface area contributed by atoms with Crippen LogP contribution in [0.3, 0.4) is 0 Å². The van der Waals surface area contributed by atoms with Crippen LogP contribution in [0, 0.1) is 23.3 Å². The number of halogens is 11. The molecule has 0 spiro atoms. The standard InChI is InChI=1S/C10HF11N2/c11-2-1-6(5(14)4(13)3(2)12)22-23-7(1)8(15,16)9(17,18)10(19,20)21/h(H,22,23). The maximum atomic E-state index is 13.5. The highest BCUT2D eigenvalue weighted by Gasteiger charge is 2.74. The highest BCUT2D eigenvalue weighted by atomic mass is 19.4. The van der Waals surface area contributed by atoms with Crippen LogP contribution in [0.2, 0.25) is 0 Å². The van der Waals surface area contributed by atoms with Gasteiger partial charge in [-0.25, -0.2) is 17.6 Å². The molecule has 1 N–H and O–H groups in total. The van der Waals surface area contributed by atoms with Crippen LogP contribution < -0.4 is 0 Å². The van der Waals surface area contributed by atoms with Gasteiger partial charge in [0.15, 0.2) is 23.3 Å². The van der Waals surface area contributed by atoms with Crippen LogP contribution in [-0.2, 0) is 5.92 Å². The molecule has 1 heterocycles. The Balaban J connectivity index is 2.85. The zero-order chi connectivity index (χ0) is 18.0. The van der Waals surface area contributed by atoms with E-state index in [4.69, 9.17) is 0 Å². The number of nitrogens with zero attached hydrogens (tertiary/aromatic N) is 1. The number of hydrogen-bond donors (Lipinski definition) is 1. The summed E-state index contributed by atoms with van der Waals surface area (Å²) < 4.78 is 142. The van der Waals surface area contributed by atoms with Gasteiger partial charge >= 0.3 is 18.0 Å². The number of nitrogens with one attached hydrogen (secondary N) is 1. The van der Waals surface area contributed by atoms with Gasteiger partial charge in [-0.05, 0) is 0 Å². The Morgan fingerprint density at radius 1 is 0.696 bits per heavy atom. The Labute approximate surface area is 117 Å². The van der Waals surface area contributed by atoms with Crippen molar-refractivity contribution in [2.45, 2.75) is 18.0 Å². The maximum Gasteiger partial charge on any atom is 0.460 e. The van der Waals surface area contributed by atoms with Gasteiger partial charge in [0.05, 0.1) is 5.39 Å². The van der Waals surface area contributed by atoms with E-state index in [0.29, 0.717) is 0 Å². The predicted octanol–water partition coefficient (Wildman–Crippen LogP) is 4.41. The van der Waals surface area contributed by atoms with Crippen molar-refractivity contribution in [1.29, 1.82) is 0 Å².